The Morgan fingerprint density at radius 2 is 2.18 bits per heavy atom. The lowest BCUT2D eigenvalue weighted by atomic mass is 9.95. The number of amides is 1. The van der Waals surface area contributed by atoms with Gasteiger partial charge >= 0.3 is 5.97 Å². The number of carboxylic acid groups (broad SMARTS) is 1. The molecule has 0 saturated carbocycles. The number of fused-ring (bicyclic) bond motifs is 2. The lowest BCUT2D eigenvalue weighted by molar-refractivity contribution is -0.138. The van der Waals surface area contributed by atoms with Crippen molar-refractivity contribution in [3.8, 4) is 0 Å². The third kappa shape index (κ3) is 3.19. The molecule has 2 rings (SSSR count). The highest BCUT2D eigenvalue weighted by Crippen LogP contribution is 2.34. The van der Waals surface area contributed by atoms with Crippen molar-refractivity contribution in [3.05, 3.63) is 0 Å². The highest BCUT2D eigenvalue weighted by atomic mass is 16.5. The molecule has 2 N–H and O–H groups in total. The van der Waals surface area contributed by atoms with Crippen molar-refractivity contribution < 1.29 is 19.4 Å². The summed E-state index contributed by atoms with van der Waals surface area (Å²) >= 11 is 0. The number of aliphatic carboxylic acids is 1. The van der Waals surface area contributed by atoms with Gasteiger partial charge in [0.25, 0.3) is 0 Å². The molecule has 96 valence electrons. The Morgan fingerprint density at radius 3 is 2.71 bits per heavy atom. The first-order valence-electron chi connectivity index (χ1n) is 6.21. The first kappa shape index (κ1) is 12.4. The molecule has 0 aliphatic carbocycles. The molecule has 2 aliphatic heterocycles. The van der Waals surface area contributed by atoms with Crippen LogP contribution in [0.15, 0.2) is 0 Å². The molecule has 5 nitrogen and oxygen atoms in total. The highest BCUT2D eigenvalue weighted by molar-refractivity contribution is 5.77. The van der Waals surface area contributed by atoms with Crippen LogP contribution < -0.4 is 5.32 Å². The zero-order valence-corrected chi connectivity index (χ0v) is 10.0. The van der Waals surface area contributed by atoms with E-state index in [4.69, 9.17) is 9.84 Å². The summed E-state index contributed by atoms with van der Waals surface area (Å²) < 4.78 is 5.65. The first-order chi connectivity index (χ1) is 8.04. The number of ether oxygens (including phenoxy) is 1. The third-order valence-corrected chi connectivity index (χ3v) is 3.51. The topological polar surface area (TPSA) is 75.6 Å². The monoisotopic (exact) mass is 241 g/mol. The SMILES string of the molecule is CC(CC(=O)O)CC(=O)NC1CC2CCC1O2. The average Bonchev–Trinajstić information content (AvgIpc) is 2.76. The van der Waals surface area contributed by atoms with Crippen LogP contribution in [-0.2, 0) is 14.3 Å². The fourth-order valence-corrected chi connectivity index (χ4v) is 2.74. The maximum absolute atomic E-state index is 11.7. The molecule has 17 heavy (non-hydrogen) atoms. The molecule has 0 aromatic carbocycles. The van der Waals surface area contributed by atoms with Crippen molar-refractivity contribution >= 4 is 11.9 Å². The van der Waals surface area contributed by atoms with E-state index in [2.05, 4.69) is 5.32 Å². The van der Waals surface area contributed by atoms with Gasteiger partial charge < -0.3 is 15.2 Å². The van der Waals surface area contributed by atoms with Crippen LogP contribution in [-0.4, -0.2) is 35.2 Å². The first-order valence-corrected chi connectivity index (χ1v) is 6.21. The van der Waals surface area contributed by atoms with Crippen LogP contribution in [0.1, 0.15) is 39.0 Å². The lowest BCUT2D eigenvalue weighted by Crippen LogP contribution is -2.41. The van der Waals surface area contributed by atoms with Gasteiger partial charge in [0, 0.05) is 12.8 Å². The van der Waals surface area contributed by atoms with Crippen LogP contribution in [0.25, 0.3) is 0 Å². The summed E-state index contributed by atoms with van der Waals surface area (Å²) in [6.45, 7) is 1.78. The van der Waals surface area contributed by atoms with Gasteiger partial charge in [-0.1, -0.05) is 6.92 Å². The van der Waals surface area contributed by atoms with Crippen LogP contribution in [0.5, 0.6) is 0 Å². The van der Waals surface area contributed by atoms with E-state index < -0.39 is 5.97 Å². The van der Waals surface area contributed by atoms with Gasteiger partial charge in [0.2, 0.25) is 5.91 Å². The molecule has 2 heterocycles. The van der Waals surface area contributed by atoms with Gasteiger partial charge in [-0.3, -0.25) is 9.59 Å². The summed E-state index contributed by atoms with van der Waals surface area (Å²) in [6.07, 6.45) is 3.86. The Labute approximate surface area is 101 Å². The molecular formula is C12H19NO4. The zero-order valence-electron chi connectivity index (χ0n) is 10.0. The Balaban J connectivity index is 1.72. The van der Waals surface area contributed by atoms with Crippen LogP contribution in [0.2, 0.25) is 0 Å². The quantitative estimate of drug-likeness (QED) is 0.750. The number of carbonyl (C=O) groups is 2. The number of hydrogen-bond donors (Lipinski definition) is 2. The molecule has 4 atom stereocenters. The summed E-state index contributed by atoms with van der Waals surface area (Å²) in [7, 11) is 0. The zero-order chi connectivity index (χ0) is 12.4. The van der Waals surface area contributed by atoms with Gasteiger partial charge in [0.1, 0.15) is 0 Å². The Morgan fingerprint density at radius 1 is 1.41 bits per heavy atom. The van der Waals surface area contributed by atoms with Crippen molar-refractivity contribution in [2.75, 3.05) is 0 Å². The smallest absolute Gasteiger partial charge is 0.303 e. The summed E-state index contributed by atoms with van der Waals surface area (Å²) in [5, 5.41) is 11.6. The molecule has 2 aliphatic rings. The minimum atomic E-state index is -0.853. The molecule has 0 aromatic rings. The van der Waals surface area contributed by atoms with Gasteiger partial charge in [-0.25, -0.2) is 0 Å². The predicted octanol–water partition coefficient (Wildman–Crippen LogP) is 0.923. The van der Waals surface area contributed by atoms with Crippen molar-refractivity contribution in [2.45, 2.75) is 57.3 Å². The number of nitrogens with one attached hydrogen (secondary N) is 1. The minimum absolute atomic E-state index is 0.0423. The molecule has 4 unspecified atom stereocenters. The van der Waals surface area contributed by atoms with E-state index in [1.54, 1.807) is 6.92 Å². The van der Waals surface area contributed by atoms with E-state index in [0.717, 1.165) is 19.3 Å². The van der Waals surface area contributed by atoms with E-state index in [1.807, 2.05) is 0 Å². The van der Waals surface area contributed by atoms with Gasteiger partial charge in [-0.15, -0.1) is 0 Å². The second-order valence-electron chi connectivity index (χ2n) is 5.19. The standard InChI is InChI=1S/C12H19NO4/c1-7(5-12(15)16)4-11(14)13-9-6-8-2-3-10(9)17-8/h7-10H,2-6H2,1H3,(H,13,14)(H,15,16). The summed E-state index contributed by atoms with van der Waals surface area (Å²) in [5.74, 6) is -1.03. The Hall–Kier alpha value is -1.10. The summed E-state index contributed by atoms with van der Waals surface area (Å²) in [6, 6.07) is 0.137. The van der Waals surface area contributed by atoms with Crippen molar-refractivity contribution in [3.63, 3.8) is 0 Å². The number of carboxylic acids is 1. The minimum Gasteiger partial charge on any atom is -0.481 e. The largest absolute Gasteiger partial charge is 0.481 e. The van der Waals surface area contributed by atoms with Crippen molar-refractivity contribution in [1.29, 1.82) is 0 Å². The number of rotatable bonds is 5. The van der Waals surface area contributed by atoms with E-state index >= 15 is 0 Å². The molecule has 0 aromatic heterocycles. The Kier molecular flexibility index (Phi) is 3.66. The fraction of sp³-hybridized carbons (Fsp3) is 0.833. The highest BCUT2D eigenvalue weighted by Gasteiger charge is 2.41. The van der Waals surface area contributed by atoms with E-state index in [0.29, 0.717) is 6.10 Å². The van der Waals surface area contributed by atoms with Gasteiger partial charge in [0.15, 0.2) is 0 Å². The molecule has 5 heteroatoms. The van der Waals surface area contributed by atoms with E-state index in [1.165, 1.54) is 0 Å². The van der Waals surface area contributed by atoms with Crippen LogP contribution in [0.3, 0.4) is 0 Å². The summed E-state index contributed by atoms with van der Waals surface area (Å²) in [5.41, 5.74) is 0. The second kappa shape index (κ2) is 5.04. The van der Waals surface area contributed by atoms with E-state index in [-0.39, 0.29) is 36.8 Å². The van der Waals surface area contributed by atoms with Gasteiger partial charge in [-0.05, 0) is 25.2 Å². The maximum atomic E-state index is 11.7. The normalized spacial score (nSPS) is 32.4. The van der Waals surface area contributed by atoms with Crippen molar-refractivity contribution in [2.24, 2.45) is 5.92 Å². The van der Waals surface area contributed by atoms with E-state index in [9.17, 15) is 9.59 Å². The fourth-order valence-electron chi connectivity index (χ4n) is 2.74. The van der Waals surface area contributed by atoms with Gasteiger partial charge in [0.05, 0.1) is 18.2 Å². The Bertz CT molecular complexity index is 318. The molecule has 2 saturated heterocycles. The number of carbonyl (C=O) groups excluding carboxylic acids is 1. The molecule has 1 amide bonds. The van der Waals surface area contributed by atoms with Crippen LogP contribution in [0.4, 0.5) is 0 Å². The van der Waals surface area contributed by atoms with Gasteiger partial charge in [-0.2, -0.15) is 0 Å². The molecular weight excluding hydrogens is 222 g/mol. The summed E-state index contributed by atoms with van der Waals surface area (Å²) in [4.78, 5) is 22.2. The number of hydrogen-bond acceptors (Lipinski definition) is 3. The molecule has 2 fully saturated rings. The second-order valence-corrected chi connectivity index (χ2v) is 5.19. The van der Waals surface area contributed by atoms with Crippen LogP contribution in [0, 0.1) is 5.92 Å². The molecule has 2 bridgehead atoms. The predicted molar refractivity (Wildman–Crippen MR) is 60.5 cm³/mol. The maximum Gasteiger partial charge on any atom is 0.303 e. The lowest BCUT2D eigenvalue weighted by Gasteiger charge is -2.20. The molecule has 0 radical (unpaired) electrons. The third-order valence-electron chi connectivity index (χ3n) is 3.51. The van der Waals surface area contributed by atoms with Crippen LogP contribution >= 0.6 is 0 Å². The molecule has 0 spiro atoms. The van der Waals surface area contributed by atoms with Crippen molar-refractivity contribution in [1.82, 2.24) is 5.32 Å². The average molecular weight is 241 g/mol.